The Morgan fingerprint density at radius 2 is 1.83 bits per heavy atom. The van der Waals surface area contributed by atoms with Crippen LogP contribution in [0.2, 0.25) is 0 Å². The molecule has 4 rings (SSSR count). The summed E-state index contributed by atoms with van der Waals surface area (Å²) in [4.78, 5) is 35.5. The Bertz CT molecular complexity index is 1040. The minimum Gasteiger partial charge on any atom is -0.339 e. The molecule has 1 aromatic rings. The molecule has 5 nitrogen and oxygen atoms in total. The van der Waals surface area contributed by atoms with E-state index in [-0.39, 0.29) is 24.2 Å². The lowest BCUT2D eigenvalue weighted by Crippen LogP contribution is -2.66. The van der Waals surface area contributed by atoms with Gasteiger partial charge in [0.05, 0.1) is 6.54 Å². The molecule has 1 saturated heterocycles. The Morgan fingerprint density at radius 1 is 1.11 bits per heavy atom. The number of unbranched alkanes of at least 4 members (excludes halogenated alkanes) is 1. The second-order valence-electron chi connectivity index (χ2n) is 10.6. The van der Waals surface area contributed by atoms with Crippen molar-refractivity contribution in [1.29, 1.82) is 0 Å². The number of nitrogens with zero attached hydrogens (tertiary/aromatic N) is 3. The lowest BCUT2D eigenvalue weighted by Gasteiger charge is -2.48. The Morgan fingerprint density at radius 3 is 2.47 bits per heavy atom. The van der Waals surface area contributed by atoms with Gasteiger partial charge in [-0.25, -0.2) is 8.78 Å². The summed E-state index contributed by atoms with van der Waals surface area (Å²) in [6, 6.07) is 7.87. The Balaban J connectivity index is 1.55. The zero-order valence-electron chi connectivity index (χ0n) is 21.9. The predicted octanol–water partition coefficient (Wildman–Crippen LogP) is 6.27. The molecule has 0 radical (unpaired) electrons. The van der Waals surface area contributed by atoms with E-state index in [4.69, 9.17) is 4.99 Å². The van der Waals surface area contributed by atoms with Gasteiger partial charge in [-0.2, -0.15) is 0 Å². The fourth-order valence-corrected chi connectivity index (χ4v) is 5.92. The highest BCUT2D eigenvalue weighted by Crippen LogP contribution is 2.48. The van der Waals surface area contributed by atoms with Crippen molar-refractivity contribution >= 4 is 23.2 Å². The van der Waals surface area contributed by atoms with Gasteiger partial charge in [-0.3, -0.25) is 14.6 Å². The molecule has 0 unspecified atom stereocenters. The van der Waals surface area contributed by atoms with Crippen LogP contribution in [-0.2, 0) is 15.0 Å². The lowest BCUT2D eigenvalue weighted by atomic mass is 9.74. The van der Waals surface area contributed by atoms with Gasteiger partial charge in [0, 0.05) is 42.5 Å². The van der Waals surface area contributed by atoms with Crippen LogP contribution in [0.15, 0.2) is 40.5 Å². The van der Waals surface area contributed by atoms with E-state index in [1.54, 1.807) is 0 Å². The number of anilines is 1. The molecule has 0 aromatic heterocycles. The Hall–Kier alpha value is -2.57. The summed E-state index contributed by atoms with van der Waals surface area (Å²) in [6.45, 7) is 7.36. The van der Waals surface area contributed by atoms with Crippen LogP contribution in [0.4, 0.5) is 14.5 Å². The molecular weight excluding hydrogens is 460 g/mol. The third kappa shape index (κ3) is 5.12. The number of carbonyl (C=O) groups is 2. The number of fused-ring (bicyclic) bond motifs is 2. The summed E-state index contributed by atoms with van der Waals surface area (Å²) >= 11 is 0. The van der Waals surface area contributed by atoms with E-state index in [1.165, 1.54) is 5.57 Å². The average Bonchev–Trinajstić information content (AvgIpc) is 3.34. The monoisotopic (exact) mass is 499 g/mol. The fourth-order valence-electron chi connectivity index (χ4n) is 5.92. The number of allylic oxidation sites excluding steroid dienone is 2. The number of likely N-dealkylation sites (tertiary alicyclic amines) is 1. The number of hydrogen-bond donors (Lipinski definition) is 0. The Labute approximate surface area is 213 Å². The molecule has 2 aliphatic heterocycles. The summed E-state index contributed by atoms with van der Waals surface area (Å²) in [5, 5.41) is 0. The second-order valence-corrected chi connectivity index (χ2v) is 10.6. The number of aliphatic imine (C=N–C) groups is 1. The molecular formula is C29H39F2N3O2. The molecule has 0 atom stereocenters. The lowest BCUT2D eigenvalue weighted by molar-refractivity contribution is -0.147. The van der Waals surface area contributed by atoms with Crippen LogP contribution in [0, 0.1) is 5.92 Å². The van der Waals surface area contributed by atoms with Gasteiger partial charge in [0.25, 0.3) is 0 Å². The third-order valence-electron chi connectivity index (χ3n) is 8.16. The molecule has 3 aliphatic rings. The normalized spacial score (nSPS) is 19.2. The van der Waals surface area contributed by atoms with E-state index in [0.29, 0.717) is 38.9 Å². The van der Waals surface area contributed by atoms with Crippen LogP contribution in [0.1, 0.15) is 84.1 Å². The first-order valence-corrected chi connectivity index (χ1v) is 13.5. The third-order valence-corrected chi connectivity index (χ3v) is 8.16. The standard InChI is InChI=1S/C29H39F2N3O2/c1-4-21(5-2)27(35)33-18-29(19-33)23-13-7-8-15-25(23)34(28(29)36)17-22(12-6-9-16-26(30)31)32-24-14-10-11-20(24)3/h7-8,13,15,21,26H,4-6,9-12,14,16-19H2,1-3H3/b32-22+. The number of hydrogen-bond acceptors (Lipinski definition) is 3. The van der Waals surface area contributed by atoms with Crippen LogP contribution < -0.4 is 4.90 Å². The van der Waals surface area contributed by atoms with Crippen LogP contribution in [0.25, 0.3) is 0 Å². The molecule has 196 valence electrons. The minimum absolute atomic E-state index is 0.0000954. The highest BCUT2D eigenvalue weighted by Gasteiger charge is 2.59. The molecule has 2 heterocycles. The van der Waals surface area contributed by atoms with Crippen LogP contribution in [0.5, 0.6) is 0 Å². The number of para-hydroxylation sites is 1. The number of benzene rings is 1. The molecule has 36 heavy (non-hydrogen) atoms. The highest BCUT2D eigenvalue weighted by molar-refractivity contribution is 6.13. The van der Waals surface area contributed by atoms with Crippen molar-refractivity contribution in [1.82, 2.24) is 4.90 Å². The van der Waals surface area contributed by atoms with Gasteiger partial charge < -0.3 is 9.80 Å². The first-order chi connectivity index (χ1) is 17.3. The van der Waals surface area contributed by atoms with Crippen molar-refractivity contribution in [2.75, 3.05) is 24.5 Å². The summed E-state index contributed by atoms with van der Waals surface area (Å²) in [5.41, 5.74) is 4.41. The van der Waals surface area contributed by atoms with Gasteiger partial charge >= 0.3 is 0 Å². The van der Waals surface area contributed by atoms with Crippen molar-refractivity contribution in [2.45, 2.75) is 90.4 Å². The molecule has 2 amide bonds. The van der Waals surface area contributed by atoms with Crippen molar-refractivity contribution < 1.29 is 18.4 Å². The number of rotatable bonds is 11. The van der Waals surface area contributed by atoms with E-state index in [0.717, 1.165) is 54.8 Å². The van der Waals surface area contributed by atoms with Crippen molar-refractivity contribution in [3.05, 3.63) is 41.1 Å². The van der Waals surface area contributed by atoms with E-state index in [1.807, 2.05) is 47.9 Å². The van der Waals surface area contributed by atoms with Crippen LogP contribution in [0.3, 0.4) is 0 Å². The summed E-state index contributed by atoms with van der Waals surface area (Å²) < 4.78 is 25.4. The van der Waals surface area contributed by atoms with Crippen molar-refractivity contribution in [3.8, 4) is 0 Å². The topological polar surface area (TPSA) is 53.0 Å². The zero-order chi connectivity index (χ0) is 25.9. The molecule has 0 saturated carbocycles. The Kier molecular flexibility index (Phi) is 8.26. The van der Waals surface area contributed by atoms with Crippen molar-refractivity contribution in [3.63, 3.8) is 0 Å². The van der Waals surface area contributed by atoms with E-state index in [9.17, 15) is 18.4 Å². The largest absolute Gasteiger partial charge is 0.339 e. The second kappa shape index (κ2) is 11.2. The maximum absolute atomic E-state index is 13.9. The average molecular weight is 500 g/mol. The summed E-state index contributed by atoms with van der Waals surface area (Å²) in [6.07, 6.45) is 3.91. The van der Waals surface area contributed by atoms with Crippen LogP contribution in [-0.4, -0.2) is 48.5 Å². The van der Waals surface area contributed by atoms with Gasteiger partial charge in [-0.15, -0.1) is 0 Å². The molecule has 1 spiro atoms. The first-order valence-electron chi connectivity index (χ1n) is 13.5. The molecule has 1 aromatic carbocycles. The molecule has 0 bridgehead atoms. The number of halogens is 2. The van der Waals surface area contributed by atoms with Gasteiger partial charge in [0.2, 0.25) is 18.2 Å². The smallest absolute Gasteiger partial charge is 0.241 e. The van der Waals surface area contributed by atoms with E-state index < -0.39 is 11.8 Å². The predicted molar refractivity (Wildman–Crippen MR) is 140 cm³/mol. The van der Waals surface area contributed by atoms with E-state index >= 15 is 0 Å². The van der Waals surface area contributed by atoms with Crippen molar-refractivity contribution in [2.24, 2.45) is 10.9 Å². The molecule has 1 fully saturated rings. The molecule has 1 aliphatic carbocycles. The van der Waals surface area contributed by atoms with Gasteiger partial charge in [-0.05, 0) is 69.9 Å². The summed E-state index contributed by atoms with van der Waals surface area (Å²) in [5.74, 6) is 0.161. The highest BCUT2D eigenvalue weighted by atomic mass is 19.3. The van der Waals surface area contributed by atoms with Gasteiger partial charge in [0.1, 0.15) is 5.41 Å². The van der Waals surface area contributed by atoms with Crippen LogP contribution >= 0.6 is 0 Å². The number of carbonyl (C=O) groups excluding carboxylic acids is 2. The SMILES string of the molecule is CCC(CC)C(=O)N1CC2(C1)C(=O)N(C/C(CCCCC(F)F)=N/C1=C(C)CCC1)c1ccccc12. The fraction of sp³-hybridized carbons (Fsp3) is 0.621. The zero-order valence-corrected chi connectivity index (χ0v) is 21.9. The maximum Gasteiger partial charge on any atom is 0.241 e. The summed E-state index contributed by atoms with van der Waals surface area (Å²) in [7, 11) is 0. The number of alkyl halides is 2. The van der Waals surface area contributed by atoms with Gasteiger partial charge in [0.15, 0.2) is 0 Å². The minimum atomic E-state index is -2.29. The van der Waals surface area contributed by atoms with E-state index in [2.05, 4.69) is 6.92 Å². The maximum atomic E-state index is 13.9. The van der Waals surface area contributed by atoms with Gasteiger partial charge in [-0.1, -0.05) is 37.6 Å². The molecule has 0 N–H and O–H groups in total. The molecule has 7 heteroatoms. The number of amides is 2. The quantitative estimate of drug-likeness (QED) is 0.266. The first kappa shape index (κ1) is 26.5.